The molecule has 40 heavy (non-hydrogen) atoms. The number of ether oxygens (including phenoxy) is 1. The number of rotatable bonds is 3. The van der Waals surface area contributed by atoms with Crippen molar-refractivity contribution in [3.8, 4) is 0 Å². The Morgan fingerprint density at radius 3 is 2.62 bits per heavy atom. The molecule has 11 atom stereocenters. The zero-order chi connectivity index (χ0) is 29.0. The lowest BCUT2D eigenvalue weighted by Gasteiger charge is -2.28. The van der Waals surface area contributed by atoms with Gasteiger partial charge >= 0.3 is 15.6 Å². The molecule has 8 N–H and O–H groups in total. The SMILES string of the molecule is [N-]=[N+]=NCC[C@@H]1OP(=O)(O)OP(=O)(O)OC[C@H]2O[C@H]([C@H](O)[C@@H]2O)n2cnc3c(N)[n+](cnc32)[C@@H]2C[C@H]1[C@@H](O)[C@H]2O. The van der Waals surface area contributed by atoms with Gasteiger partial charge in [-0.05, 0) is 18.4 Å². The van der Waals surface area contributed by atoms with Crippen molar-refractivity contribution >= 4 is 32.6 Å². The summed E-state index contributed by atoms with van der Waals surface area (Å²) in [6, 6.07) is -0.947. The molecule has 8 bridgehead atoms. The summed E-state index contributed by atoms with van der Waals surface area (Å²) in [6.07, 6.45) is -8.23. The first kappa shape index (κ1) is 29.2. The van der Waals surface area contributed by atoms with Gasteiger partial charge in [0.25, 0.3) is 5.82 Å². The summed E-state index contributed by atoms with van der Waals surface area (Å²) in [7, 11) is -10.7. The van der Waals surface area contributed by atoms with Gasteiger partial charge in [-0.1, -0.05) is 10.1 Å². The van der Waals surface area contributed by atoms with E-state index in [0.717, 1.165) is 0 Å². The van der Waals surface area contributed by atoms with Gasteiger partial charge < -0.3 is 40.7 Å². The maximum Gasteiger partial charge on any atom is 0.481 e. The predicted molar refractivity (Wildman–Crippen MR) is 127 cm³/mol. The van der Waals surface area contributed by atoms with Crippen LogP contribution in [0.15, 0.2) is 17.8 Å². The van der Waals surface area contributed by atoms with Crippen LogP contribution in [0, 0.1) is 5.92 Å². The van der Waals surface area contributed by atoms with Crippen LogP contribution >= 0.6 is 15.6 Å². The van der Waals surface area contributed by atoms with E-state index in [9.17, 15) is 39.3 Å². The Bertz CT molecular complexity index is 1420. The molecule has 22 heteroatoms. The van der Waals surface area contributed by atoms with Crippen molar-refractivity contribution in [2.75, 3.05) is 18.9 Å². The molecule has 2 fully saturated rings. The maximum atomic E-state index is 12.8. The van der Waals surface area contributed by atoms with E-state index in [1.807, 2.05) is 0 Å². The molecule has 2 aromatic rings. The molecule has 1 aliphatic carbocycles. The van der Waals surface area contributed by atoms with Crippen molar-refractivity contribution in [2.24, 2.45) is 11.0 Å². The lowest BCUT2D eigenvalue weighted by molar-refractivity contribution is -0.717. The van der Waals surface area contributed by atoms with Gasteiger partial charge in [-0.25, -0.2) is 18.7 Å². The molecule has 4 aliphatic rings. The molecular weight excluding hydrogens is 582 g/mol. The van der Waals surface area contributed by atoms with Crippen molar-refractivity contribution in [1.29, 1.82) is 0 Å². The number of fused-ring (bicyclic) bond motifs is 7. The molecule has 2 aromatic heterocycles. The number of azide groups is 1. The maximum absolute atomic E-state index is 12.8. The highest BCUT2D eigenvalue weighted by Crippen LogP contribution is 2.62. The number of aliphatic hydroxyl groups is 4. The zero-order valence-corrected chi connectivity index (χ0v) is 22.2. The summed E-state index contributed by atoms with van der Waals surface area (Å²) in [5.41, 5.74) is 15.2. The van der Waals surface area contributed by atoms with Crippen molar-refractivity contribution < 1.29 is 62.0 Å². The number of nitrogens with two attached hydrogens (primary N) is 1. The fourth-order valence-corrected chi connectivity index (χ4v) is 7.61. The van der Waals surface area contributed by atoms with Crippen molar-refractivity contribution in [2.45, 2.75) is 61.7 Å². The number of phosphoric acid groups is 2. The number of hydrogen-bond donors (Lipinski definition) is 7. The van der Waals surface area contributed by atoms with E-state index in [1.165, 1.54) is 21.8 Å². The highest BCUT2D eigenvalue weighted by Gasteiger charge is 2.51. The second-order valence-corrected chi connectivity index (χ2v) is 12.6. The van der Waals surface area contributed by atoms with Gasteiger partial charge in [-0.2, -0.15) is 4.31 Å². The van der Waals surface area contributed by atoms with E-state index < -0.39 is 77.1 Å². The molecule has 1 saturated carbocycles. The van der Waals surface area contributed by atoms with Crippen molar-refractivity contribution in [3.63, 3.8) is 0 Å². The lowest BCUT2D eigenvalue weighted by Crippen LogP contribution is -2.48. The smallest absolute Gasteiger partial charge is 0.390 e. The Balaban J connectivity index is 1.59. The number of aromatic nitrogens is 4. The van der Waals surface area contributed by atoms with Gasteiger partial charge in [0, 0.05) is 17.4 Å². The number of nitrogen functional groups attached to an aromatic ring is 1. The first-order chi connectivity index (χ1) is 18.8. The summed E-state index contributed by atoms with van der Waals surface area (Å²) in [6.45, 7) is -1.13. The van der Waals surface area contributed by atoms with Gasteiger partial charge in [0.1, 0.15) is 36.8 Å². The standard InChI is InChI=1S/C18H26N8O12P2/c19-16-11-17-22-6-25(16)8-3-7(12(27)13(8)28)9(1-2-23-24-20)37-40(33,34)38-39(31,32)35-4-10-14(29)15(30)18(36-10)26(17)5-21-11/h5-10,12-15,18-19,27-30H,1-4H2,(H2,31,32,33,34)/p+1/t7-,8-,9+,10-,12-,13+,14-,15-,18-/m1/s1. The molecular formula is C18H27N8O12P2+. The second kappa shape index (κ2) is 10.8. The highest BCUT2D eigenvalue weighted by molar-refractivity contribution is 7.61. The minimum atomic E-state index is -5.41. The number of nitrogens with zero attached hydrogens (tertiary/aromatic N) is 7. The second-order valence-electron chi connectivity index (χ2n) is 9.56. The average Bonchev–Trinajstić information content (AvgIpc) is 3.52. The quantitative estimate of drug-likeness (QED) is 0.0687. The number of hydrogen-bond acceptors (Lipinski definition) is 14. The van der Waals surface area contributed by atoms with E-state index in [4.69, 9.17) is 25.0 Å². The van der Waals surface area contributed by atoms with Crippen LogP contribution in [0.2, 0.25) is 0 Å². The Labute approximate surface area is 224 Å². The molecule has 220 valence electrons. The number of phosphoric ester groups is 2. The fourth-order valence-electron chi connectivity index (χ4n) is 5.29. The van der Waals surface area contributed by atoms with Gasteiger partial charge in [0.2, 0.25) is 12.0 Å². The van der Waals surface area contributed by atoms with Crippen LogP contribution in [0.5, 0.6) is 0 Å². The lowest BCUT2D eigenvalue weighted by atomic mass is 9.96. The van der Waals surface area contributed by atoms with E-state index >= 15 is 0 Å². The Kier molecular flexibility index (Phi) is 7.92. The predicted octanol–water partition coefficient (Wildman–Crippen LogP) is -1.46. The Hall–Kier alpha value is -2.28. The molecule has 2 unspecified atom stereocenters. The van der Waals surface area contributed by atoms with E-state index in [0.29, 0.717) is 0 Å². The molecule has 0 spiro atoms. The van der Waals surface area contributed by atoms with Crippen molar-refractivity contribution in [1.82, 2.24) is 14.5 Å². The Morgan fingerprint density at radius 1 is 1.15 bits per heavy atom. The third kappa shape index (κ3) is 5.35. The van der Waals surface area contributed by atoms with E-state index in [-0.39, 0.29) is 36.4 Å². The van der Waals surface area contributed by atoms with Crippen LogP contribution < -0.4 is 10.3 Å². The molecule has 1 saturated heterocycles. The minimum absolute atomic E-state index is 0.0126. The van der Waals surface area contributed by atoms with Crippen LogP contribution in [0.3, 0.4) is 0 Å². The molecule has 20 nitrogen and oxygen atoms in total. The summed E-state index contributed by atoms with van der Waals surface area (Å²) in [4.78, 5) is 31.5. The normalized spacial score (nSPS) is 42.1. The minimum Gasteiger partial charge on any atom is -0.390 e. The molecule has 6 rings (SSSR count). The summed E-state index contributed by atoms with van der Waals surface area (Å²) < 4.78 is 47.8. The van der Waals surface area contributed by atoms with Gasteiger partial charge in [-0.15, -0.1) is 0 Å². The largest absolute Gasteiger partial charge is 0.481 e. The monoisotopic (exact) mass is 609 g/mol. The Morgan fingerprint density at radius 2 is 1.90 bits per heavy atom. The third-order valence-corrected chi connectivity index (χ3v) is 9.85. The first-order valence-corrected chi connectivity index (χ1v) is 14.9. The van der Waals surface area contributed by atoms with Gasteiger partial charge in [-0.3, -0.25) is 13.6 Å². The molecule has 0 amide bonds. The van der Waals surface area contributed by atoms with Crippen LogP contribution in [-0.4, -0.2) is 94.5 Å². The molecule has 3 aliphatic heterocycles. The van der Waals surface area contributed by atoms with Crippen molar-refractivity contribution in [3.05, 3.63) is 23.1 Å². The molecule has 5 heterocycles. The van der Waals surface area contributed by atoms with E-state index in [2.05, 4.69) is 24.3 Å². The topological polar surface area (TPSA) is 302 Å². The average molecular weight is 609 g/mol. The zero-order valence-electron chi connectivity index (χ0n) is 20.4. The fraction of sp³-hybridized carbons (Fsp3) is 0.722. The summed E-state index contributed by atoms with van der Waals surface area (Å²) in [5, 5.41) is 46.2. The summed E-state index contributed by atoms with van der Waals surface area (Å²) in [5.74, 6) is -1.07. The van der Waals surface area contributed by atoms with Gasteiger partial charge in [0.15, 0.2) is 11.7 Å². The van der Waals surface area contributed by atoms with Crippen LogP contribution in [0.25, 0.3) is 21.6 Å². The molecule has 0 aromatic carbocycles. The third-order valence-electron chi connectivity index (χ3n) is 7.19. The first-order valence-electron chi connectivity index (χ1n) is 11.9. The number of anilines is 1. The van der Waals surface area contributed by atoms with Crippen LogP contribution in [0.4, 0.5) is 5.82 Å². The summed E-state index contributed by atoms with van der Waals surface area (Å²) >= 11 is 0. The van der Waals surface area contributed by atoms with E-state index in [1.54, 1.807) is 0 Å². The number of aliphatic hydroxyl groups excluding tert-OH is 4. The molecule has 0 radical (unpaired) electrons. The number of imidazole rings is 1. The highest BCUT2D eigenvalue weighted by atomic mass is 31.3. The van der Waals surface area contributed by atoms with Crippen LogP contribution in [0.1, 0.15) is 25.1 Å². The van der Waals surface area contributed by atoms with Gasteiger partial charge in [0.05, 0.1) is 18.8 Å². The van der Waals surface area contributed by atoms with Crippen LogP contribution in [-0.2, 0) is 27.2 Å².